The topological polar surface area (TPSA) is 33.0 Å². The predicted octanol–water partition coefficient (Wildman–Crippen LogP) is 5.81. The molecule has 1 saturated carbocycles. The highest BCUT2D eigenvalue weighted by atomic mass is 16.5. The molecule has 0 unspecified atom stereocenters. The minimum absolute atomic E-state index is 0.630. The summed E-state index contributed by atoms with van der Waals surface area (Å²) in [5.41, 5.74) is 2.03. The van der Waals surface area contributed by atoms with Crippen molar-refractivity contribution in [2.24, 2.45) is 5.92 Å². The van der Waals surface area contributed by atoms with Crippen LogP contribution in [0.1, 0.15) is 82.3 Å². The van der Waals surface area contributed by atoms with Crippen molar-refractivity contribution in [3.63, 3.8) is 0 Å². The van der Waals surface area contributed by atoms with Gasteiger partial charge in [-0.25, -0.2) is 0 Å². The Morgan fingerprint density at radius 2 is 1.91 bits per heavy atom. The third-order valence-corrected chi connectivity index (χ3v) is 4.89. The minimum Gasteiger partial charge on any atom is -0.492 e. The third-order valence-electron chi connectivity index (χ3n) is 4.89. The van der Waals surface area contributed by atoms with Gasteiger partial charge in [-0.15, -0.1) is 0 Å². The Hall–Kier alpha value is -1.49. The predicted molar refractivity (Wildman–Crippen MR) is 91.2 cm³/mol. The van der Waals surface area contributed by atoms with Gasteiger partial charge < -0.3 is 4.74 Å². The summed E-state index contributed by atoms with van der Waals surface area (Å²) < 4.78 is 5.74. The molecule has 1 aromatic carbocycles. The van der Waals surface area contributed by atoms with Crippen LogP contribution in [-0.4, -0.2) is 6.61 Å². The molecule has 1 aromatic rings. The maximum Gasteiger partial charge on any atom is 0.137 e. The highest BCUT2D eigenvalue weighted by Gasteiger charge is 2.22. The summed E-state index contributed by atoms with van der Waals surface area (Å²) in [7, 11) is 0. The fraction of sp³-hybridized carbons (Fsp3) is 0.650. The van der Waals surface area contributed by atoms with Gasteiger partial charge in [0.15, 0.2) is 0 Å². The van der Waals surface area contributed by atoms with Gasteiger partial charge in [0.05, 0.1) is 12.2 Å². The van der Waals surface area contributed by atoms with Crippen molar-refractivity contribution in [1.82, 2.24) is 0 Å². The highest BCUT2D eigenvalue weighted by molar-refractivity contribution is 5.46. The van der Waals surface area contributed by atoms with E-state index >= 15 is 0 Å². The van der Waals surface area contributed by atoms with E-state index in [-0.39, 0.29) is 0 Å². The van der Waals surface area contributed by atoms with E-state index < -0.39 is 0 Å². The van der Waals surface area contributed by atoms with Crippen LogP contribution in [0.5, 0.6) is 5.75 Å². The van der Waals surface area contributed by atoms with Gasteiger partial charge in [-0.3, -0.25) is 0 Å². The summed E-state index contributed by atoms with van der Waals surface area (Å²) in [4.78, 5) is 0. The average molecular weight is 299 g/mol. The summed E-state index contributed by atoms with van der Waals surface area (Å²) in [6, 6.07) is 8.54. The molecule has 1 aliphatic carbocycles. The van der Waals surface area contributed by atoms with Crippen molar-refractivity contribution in [2.45, 2.75) is 71.1 Å². The lowest BCUT2D eigenvalue weighted by atomic mass is 9.77. The standard InChI is InChI=1S/C20H29NO/c1-3-5-13-22-20-12-11-18(14-19(20)15-21)17-9-7-16(6-4-2)8-10-17/h11-12,14,16-17H,3-10,13H2,1-2H3/t16-,17-. The van der Waals surface area contributed by atoms with Gasteiger partial charge in [0.2, 0.25) is 0 Å². The van der Waals surface area contributed by atoms with Crippen LogP contribution >= 0.6 is 0 Å². The van der Waals surface area contributed by atoms with E-state index in [4.69, 9.17) is 4.74 Å². The first-order valence-electron chi connectivity index (χ1n) is 8.95. The van der Waals surface area contributed by atoms with Crippen LogP contribution in [0.25, 0.3) is 0 Å². The zero-order chi connectivity index (χ0) is 15.8. The molecule has 0 atom stereocenters. The Morgan fingerprint density at radius 3 is 2.55 bits per heavy atom. The third kappa shape index (κ3) is 4.50. The van der Waals surface area contributed by atoms with Gasteiger partial charge >= 0.3 is 0 Å². The normalized spacial score (nSPS) is 21.3. The molecule has 1 aliphatic rings. The molecular weight excluding hydrogens is 270 g/mol. The fourth-order valence-electron chi connectivity index (χ4n) is 3.53. The van der Waals surface area contributed by atoms with Crippen molar-refractivity contribution in [1.29, 1.82) is 5.26 Å². The molecule has 0 aromatic heterocycles. The lowest BCUT2D eigenvalue weighted by Gasteiger charge is -2.28. The number of hydrogen-bond acceptors (Lipinski definition) is 2. The van der Waals surface area contributed by atoms with Crippen LogP contribution in [0, 0.1) is 17.2 Å². The van der Waals surface area contributed by atoms with Crippen LogP contribution < -0.4 is 4.74 Å². The largest absolute Gasteiger partial charge is 0.492 e. The summed E-state index contributed by atoms with van der Waals surface area (Å²) in [6.45, 7) is 5.13. The molecule has 0 spiro atoms. The molecule has 22 heavy (non-hydrogen) atoms. The maximum atomic E-state index is 9.38. The van der Waals surface area contributed by atoms with E-state index in [1.54, 1.807) is 0 Å². The van der Waals surface area contributed by atoms with E-state index in [1.807, 2.05) is 6.07 Å². The van der Waals surface area contributed by atoms with E-state index in [1.165, 1.54) is 44.1 Å². The molecule has 0 bridgehead atoms. The zero-order valence-corrected chi connectivity index (χ0v) is 14.1. The second-order valence-corrected chi connectivity index (χ2v) is 6.58. The first-order chi connectivity index (χ1) is 10.8. The van der Waals surface area contributed by atoms with E-state index in [0.717, 1.165) is 24.5 Å². The molecule has 0 radical (unpaired) electrons. The lowest BCUT2D eigenvalue weighted by molar-refractivity contribution is 0.304. The molecule has 2 nitrogen and oxygen atoms in total. The van der Waals surface area contributed by atoms with Crippen LogP contribution in [0.2, 0.25) is 0 Å². The number of rotatable bonds is 7. The van der Waals surface area contributed by atoms with Gasteiger partial charge in [0.25, 0.3) is 0 Å². The first-order valence-corrected chi connectivity index (χ1v) is 8.95. The number of unbranched alkanes of at least 4 members (excludes halogenated alkanes) is 1. The van der Waals surface area contributed by atoms with Crippen molar-refractivity contribution < 1.29 is 4.74 Å². The Morgan fingerprint density at radius 1 is 1.14 bits per heavy atom. The molecule has 2 rings (SSSR count). The molecule has 0 heterocycles. The molecule has 0 amide bonds. The lowest BCUT2D eigenvalue weighted by Crippen LogP contribution is -2.13. The molecule has 0 aliphatic heterocycles. The van der Waals surface area contributed by atoms with Crippen molar-refractivity contribution >= 4 is 0 Å². The van der Waals surface area contributed by atoms with Crippen molar-refractivity contribution in [3.05, 3.63) is 29.3 Å². The summed E-state index contributed by atoms with van der Waals surface area (Å²) in [5.74, 6) is 2.30. The SMILES string of the molecule is CCCCOc1ccc([C@H]2CC[C@H](CCC)CC2)cc1C#N. The number of ether oxygens (including phenoxy) is 1. The second kappa shape index (κ2) is 8.83. The highest BCUT2D eigenvalue weighted by Crippen LogP contribution is 2.38. The van der Waals surface area contributed by atoms with Gasteiger partial charge in [-0.1, -0.05) is 39.2 Å². The van der Waals surface area contributed by atoms with E-state index in [2.05, 4.69) is 32.0 Å². The van der Waals surface area contributed by atoms with Gasteiger partial charge in [0, 0.05) is 0 Å². The second-order valence-electron chi connectivity index (χ2n) is 6.58. The molecule has 1 fully saturated rings. The number of hydrogen-bond donors (Lipinski definition) is 0. The minimum atomic E-state index is 0.630. The Balaban J connectivity index is 1.99. The monoisotopic (exact) mass is 299 g/mol. The maximum absolute atomic E-state index is 9.38. The number of benzene rings is 1. The van der Waals surface area contributed by atoms with E-state index in [9.17, 15) is 5.26 Å². The van der Waals surface area contributed by atoms with Crippen LogP contribution in [0.15, 0.2) is 18.2 Å². The van der Waals surface area contributed by atoms with Gasteiger partial charge in [-0.05, 0) is 61.6 Å². The van der Waals surface area contributed by atoms with Crippen LogP contribution in [0.3, 0.4) is 0 Å². The van der Waals surface area contributed by atoms with E-state index in [0.29, 0.717) is 18.1 Å². The Bertz CT molecular complexity index is 495. The molecular formula is C20H29NO. The quantitative estimate of drug-likeness (QED) is 0.595. The van der Waals surface area contributed by atoms with Gasteiger partial charge in [-0.2, -0.15) is 5.26 Å². The van der Waals surface area contributed by atoms with Crippen LogP contribution in [0.4, 0.5) is 0 Å². The fourth-order valence-corrected chi connectivity index (χ4v) is 3.53. The molecule has 0 saturated heterocycles. The molecule has 0 N–H and O–H groups in total. The summed E-state index contributed by atoms with van der Waals surface area (Å²) in [6.07, 6.45) is 10.1. The smallest absolute Gasteiger partial charge is 0.137 e. The number of nitrogens with zero attached hydrogens (tertiary/aromatic N) is 1. The van der Waals surface area contributed by atoms with Crippen LogP contribution in [-0.2, 0) is 0 Å². The average Bonchev–Trinajstić information content (AvgIpc) is 2.56. The zero-order valence-electron chi connectivity index (χ0n) is 14.1. The number of nitriles is 1. The van der Waals surface area contributed by atoms with Crippen molar-refractivity contribution in [2.75, 3.05) is 6.61 Å². The molecule has 120 valence electrons. The molecule has 2 heteroatoms. The van der Waals surface area contributed by atoms with Gasteiger partial charge in [0.1, 0.15) is 11.8 Å². The Kier molecular flexibility index (Phi) is 6.77. The first kappa shape index (κ1) is 16.9. The Labute approximate surface area is 135 Å². The summed E-state index contributed by atoms with van der Waals surface area (Å²) >= 11 is 0. The summed E-state index contributed by atoms with van der Waals surface area (Å²) in [5, 5.41) is 9.38. The van der Waals surface area contributed by atoms with Crippen molar-refractivity contribution in [3.8, 4) is 11.8 Å².